The van der Waals surface area contributed by atoms with Gasteiger partial charge in [0.2, 0.25) is 0 Å². The zero-order valence-electron chi connectivity index (χ0n) is 10.2. The molecule has 0 aliphatic rings. The smallest absolute Gasteiger partial charge is 0.349 e. The largest absolute Gasteiger partial charge is 0.353 e. The van der Waals surface area contributed by atoms with E-state index in [1.807, 2.05) is 13.8 Å². The van der Waals surface area contributed by atoms with Crippen LogP contribution in [-0.4, -0.2) is 33.3 Å². The van der Waals surface area contributed by atoms with E-state index in [9.17, 15) is 13.2 Å². The van der Waals surface area contributed by atoms with Crippen molar-refractivity contribution in [2.75, 3.05) is 0 Å². The molecule has 2 N–H and O–H groups in total. The van der Waals surface area contributed by atoms with E-state index < -0.39 is 18.4 Å². The minimum atomic E-state index is -4.19. The normalized spacial score (nSPS) is 11.7. The first-order valence-corrected chi connectivity index (χ1v) is 10.3. The molecule has 0 unspecified atom stereocenters. The average molecular weight is 384 g/mol. The number of thiophene rings is 1. The molecule has 0 aliphatic heterocycles. The highest BCUT2D eigenvalue weighted by atomic mass is 35.7. The van der Waals surface area contributed by atoms with E-state index in [0.717, 1.165) is 11.3 Å². The first-order chi connectivity index (χ1) is 8.80. The van der Waals surface area contributed by atoms with E-state index in [1.165, 1.54) is 11.4 Å². The first-order valence-electron chi connectivity index (χ1n) is 4.82. The summed E-state index contributed by atoms with van der Waals surface area (Å²) in [7, 11) is 1.25. The van der Waals surface area contributed by atoms with Gasteiger partial charge in [0.25, 0.3) is 15.0 Å². The maximum absolute atomic E-state index is 11.5. The van der Waals surface area contributed by atoms with Crippen LogP contribution in [-0.2, 0) is 18.4 Å². The van der Waals surface area contributed by atoms with Crippen molar-refractivity contribution in [2.24, 2.45) is 0 Å². The number of carbonyl (C=O) groups excluding carboxylic acids is 1. The van der Waals surface area contributed by atoms with Crippen molar-refractivity contribution in [2.45, 2.75) is 24.8 Å². The van der Waals surface area contributed by atoms with Gasteiger partial charge in [-0.3, -0.25) is 9.35 Å². The van der Waals surface area contributed by atoms with Crippen molar-refractivity contribution < 1.29 is 26.2 Å². The summed E-state index contributed by atoms with van der Waals surface area (Å²) in [4.78, 5) is 11.8. The molecule has 12 heteroatoms. The lowest BCUT2D eigenvalue weighted by molar-refractivity contribution is 0.0947. The number of rotatable bonds is 3. The fraction of sp³-hybridized carbons (Fsp3) is 0.375. The summed E-state index contributed by atoms with van der Waals surface area (Å²) >= 11 is 1.05. The van der Waals surface area contributed by atoms with Crippen molar-refractivity contribution in [1.82, 2.24) is 5.32 Å². The third kappa shape index (κ3) is 9.50. The minimum absolute atomic E-state index is 0.00987. The second-order valence-electron chi connectivity index (χ2n) is 3.62. The Morgan fingerprint density at radius 2 is 1.75 bits per heavy atom. The van der Waals surface area contributed by atoms with E-state index in [1.54, 1.807) is 0 Å². The van der Waals surface area contributed by atoms with Crippen LogP contribution in [0.5, 0.6) is 0 Å². The summed E-state index contributed by atoms with van der Waals surface area (Å²) in [5.41, 5.74) is 0. The third-order valence-corrected chi connectivity index (χ3v) is 3.91. The van der Waals surface area contributed by atoms with E-state index >= 15 is 0 Å². The van der Waals surface area contributed by atoms with Gasteiger partial charge in [0.1, 0.15) is 0 Å². The summed E-state index contributed by atoms with van der Waals surface area (Å²) in [5.74, 6) is -0.290. The molecule has 7 nitrogen and oxygen atoms in total. The molecule has 1 aromatic heterocycles. The van der Waals surface area contributed by atoms with Gasteiger partial charge in [0.15, 0.2) is 0 Å². The highest BCUT2D eigenvalue weighted by Crippen LogP contribution is 2.22. The van der Waals surface area contributed by atoms with E-state index in [2.05, 4.69) is 16.0 Å². The third-order valence-electron chi connectivity index (χ3n) is 1.50. The molecule has 116 valence electrons. The number of halogens is 2. The molecule has 0 aromatic carbocycles. The number of hydrogen-bond acceptors (Lipinski definition) is 6. The average Bonchev–Trinajstić information content (AvgIpc) is 2.60. The first kappa shape index (κ1) is 19.6. The van der Waals surface area contributed by atoms with Gasteiger partial charge in [0, 0.05) is 32.8 Å². The SMILES string of the molecule is CC(C)NC(=O)c1cc(S(=O)(=O)Cl)cs1.O=S(=O)(O)Cl. The second kappa shape index (κ2) is 7.57. The van der Waals surface area contributed by atoms with Crippen LogP contribution in [0, 0.1) is 0 Å². The lowest BCUT2D eigenvalue weighted by Gasteiger charge is -2.05. The summed E-state index contributed by atoms with van der Waals surface area (Å²) in [6.45, 7) is 3.65. The molecule has 1 heterocycles. The highest BCUT2D eigenvalue weighted by molar-refractivity contribution is 8.13. The van der Waals surface area contributed by atoms with Crippen LogP contribution in [0.3, 0.4) is 0 Å². The molecule has 1 amide bonds. The zero-order valence-corrected chi connectivity index (χ0v) is 14.2. The Morgan fingerprint density at radius 1 is 1.30 bits per heavy atom. The topological polar surface area (TPSA) is 118 Å². The van der Waals surface area contributed by atoms with Crippen molar-refractivity contribution in [3.63, 3.8) is 0 Å². The Labute approximate surface area is 129 Å². The molecule has 0 radical (unpaired) electrons. The maximum Gasteiger partial charge on any atom is 0.353 e. The van der Waals surface area contributed by atoms with Crippen molar-refractivity contribution in [1.29, 1.82) is 0 Å². The van der Waals surface area contributed by atoms with Crippen LogP contribution < -0.4 is 5.32 Å². The van der Waals surface area contributed by atoms with Crippen molar-refractivity contribution in [3.05, 3.63) is 16.3 Å². The van der Waals surface area contributed by atoms with E-state index in [-0.39, 0.29) is 16.8 Å². The van der Waals surface area contributed by atoms with Crippen LogP contribution >= 0.6 is 32.7 Å². The lowest BCUT2D eigenvalue weighted by atomic mass is 10.3. The predicted molar refractivity (Wildman–Crippen MR) is 77.4 cm³/mol. The monoisotopic (exact) mass is 383 g/mol. The van der Waals surface area contributed by atoms with Gasteiger partial charge in [0.05, 0.1) is 9.77 Å². The summed E-state index contributed by atoms with van der Waals surface area (Å²) in [6.07, 6.45) is 0. The molecule has 0 saturated heterocycles. The molecule has 0 fully saturated rings. The Balaban J connectivity index is 0.000000621. The molecule has 0 saturated carbocycles. The van der Waals surface area contributed by atoms with Gasteiger partial charge < -0.3 is 5.32 Å². The van der Waals surface area contributed by atoms with Crippen LogP contribution in [0.15, 0.2) is 16.3 Å². The second-order valence-corrected chi connectivity index (χ2v) is 9.10. The highest BCUT2D eigenvalue weighted by Gasteiger charge is 2.16. The van der Waals surface area contributed by atoms with Crippen LogP contribution in [0.4, 0.5) is 0 Å². The summed E-state index contributed by atoms with van der Waals surface area (Å²) < 4.78 is 47.0. The van der Waals surface area contributed by atoms with Gasteiger partial charge in [-0.1, -0.05) is 0 Å². The molecule has 0 bridgehead atoms. The molecule has 0 aliphatic carbocycles. The molecule has 1 aromatic rings. The maximum atomic E-state index is 11.5. The van der Waals surface area contributed by atoms with Gasteiger partial charge >= 0.3 is 9.33 Å². The molecule has 0 atom stereocenters. The van der Waals surface area contributed by atoms with Crippen LogP contribution in [0.25, 0.3) is 0 Å². The number of nitrogens with one attached hydrogen (secondary N) is 1. The lowest BCUT2D eigenvalue weighted by Crippen LogP contribution is -2.29. The van der Waals surface area contributed by atoms with Crippen molar-refractivity contribution in [3.8, 4) is 0 Å². The van der Waals surface area contributed by atoms with Crippen LogP contribution in [0.2, 0.25) is 0 Å². The quantitative estimate of drug-likeness (QED) is 0.607. The summed E-state index contributed by atoms with van der Waals surface area (Å²) in [5, 5.41) is 4.00. The Hall–Kier alpha value is -0.390. The molecular formula is C8H11Cl2NO6S3. The molecular weight excluding hydrogens is 373 g/mol. The fourth-order valence-corrected chi connectivity index (χ4v) is 2.97. The Bertz CT molecular complexity index is 656. The van der Waals surface area contributed by atoms with Gasteiger partial charge in [-0.15, -0.1) is 11.3 Å². The van der Waals surface area contributed by atoms with Gasteiger partial charge in [-0.2, -0.15) is 8.42 Å². The Kier molecular flexibility index (Phi) is 7.42. The van der Waals surface area contributed by atoms with Crippen molar-refractivity contribution >= 4 is 57.0 Å². The number of carbonyl (C=O) groups is 1. The molecule has 1 rings (SSSR count). The number of hydrogen-bond donors (Lipinski definition) is 2. The van der Waals surface area contributed by atoms with Crippen LogP contribution in [0.1, 0.15) is 23.5 Å². The van der Waals surface area contributed by atoms with Gasteiger partial charge in [-0.05, 0) is 19.9 Å². The number of amides is 1. The zero-order chi connectivity index (χ0) is 16.1. The summed E-state index contributed by atoms with van der Waals surface area (Å²) in [6, 6.07) is 1.28. The van der Waals surface area contributed by atoms with Gasteiger partial charge in [-0.25, -0.2) is 8.42 Å². The Morgan fingerprint density at radius 3 is 2.05 bits per heavy atom. The minimum Gasteiger partial charge on any atom is -0.349 e. The van der Waals surface area contributed by atoms with E-state index in [0.29, 0.717) is 4.88 Å². The van der Waals surface area contributed by atoms with E-state index in [4.69, 9.17) is 23.7 Å². The molecule has 0 spiro atoms. The fourth-order valence-electron chi connectivity index (χ4n) is 0.899. The standard InChI is InChI=1S/C8H10ClNO3S2.ClHO3S/c1-5(2)10-8(11)7-3-6(4-14-7)15(9,12)13;1-5(2,3)4/h3-5H,1-2H3,(H,10,11);(H,2,3,4). The predicted octanol–water partition coefficient (Wildman–Crippen LogP) is 1.84. The molecule has 20 heavy (non-hydrogen) atoms.